The predicted octanol–water partition coefficient (Wildman–Crippen LogP) is 4.47. The van der Waals surface area contributed by atoms with Crippen LogP contribution in [0.15, 0.2) is 24.3 Å². The number of imidazole rings is 1. The number of anilines is 1. The summed E-state index contributed by atoms with van der Waals surface area (Å²) in [6.45, 7) is 8.92. The number of nitriles is 1. The van der Waals surface area contributed by atoms with E-state index in [1.807, 2.05) is 12.1 Å². The monoisotopic (exact) mass is 402 g/mol. The quantitative estimate of drug-likeness (QED) is 0.687. The molecule has 0 radical (unpaired) electrons. The van der Waals surface area contributed by atoms with Crippen LogP contribution >= 0.6 is 0 Å². The standard InChI is InChI=1S/C25H30N4O/c1-24(2)9-8-17-18(14-24)23(28-12-10-25(3,16-30)11-13-28)29-21-7-5-4-6-20(21)27-22(29)19(17)15-26/h4-7,30H,8-14,16H2,1-3H3. The van der Waals surface area contributed by atoms with E-state index in [1.54, 1.807) is 0 Å². The second-order valence-corrected chi connectivity index (χ2v) is 10.3. The predicted molar refractivity (Wildman–Crippen MR) is 120 cm³/mol. The Morgan fingerprint density at radius 1 is 1.10 bits per heavy atom. The molecule has 5 rings (SSSR count). The number of hydrogen-bond acceptors (Lipinski definition) is 4. The molecule has 1 N–H and O–H groups in total. The Morgan fingerprint density at radius 3 is 2.53 bits per heavy atom. The second kappa shape index (κ2) is 6.72. The summed E-state index contributed by atoms with van der Waals surface area (Å²) in [6, 6.07) is 10.7. The van der Waals surface area contributed by atoms with Gasteiger partial charge < -0.3 is 10.0 Å². The summed E-state index contributed by atoms with van der Waals surface area (Å²) in [5, 5.41) is 20.0. The highest BCUT2D eigenvalue weighted by Gasteiger charge is 2.36. The second-order valence-electron chi connectivity index (χ2n) is 10.3. The molecular formula is C25H30N4O. The van der Waals surface area contributed by atoms with Crippen molar-refractivity contribution in [3.63, 3.8) is 0 Å². The minimum atomic E-state index is -0.00144. The number of para-hydroxylation sites is 2. The van der Waals surface area contributed by atoms with Crippen molar-refractivity contribution in [3.8, 4) is 6.07 Å². The Kier molecular flexibility index (Phi) is 4.34. The van der Waals surface area contributed by atoms with Gasteiger partial charge in [-0.05, 0) is 66.2 Å². The molecular weight excluding hydrogens is 372 g/mol. The molecule has 0 saturated carbocycles. The zero-order valence-corrected chi connectivity index (χ0v) is 18.2. The summed E-state index contributed by atoms with van der Waals surface area (Å²) < 4.78 is 2.25. The Hall–Kier alpha value is -2.58. The van der Waals surface area contributed by atoms with Crippen molar-refractivity contribution in [1.29, 1.82) is 5.26 Å². The molecule has 2 aliphatic rings. The Morgan fingerprint density at radius 2 is 1.83 bits per heavy atom. The lowest BCUT2D eigenvalue weighted by atomic mass is 9.73. The van der Waals surface area contributed by atoms with Crippen molar-refractivity contribution >= 4 is 22.5 Å². The number of benzene rings is 1. The molecule has 0 atom stereocenters. The van der Waals surface area contributed by atoms with Gasteiger partial charge in [-0.15, -0.1) is 0 Å². The van der Waals surface area contributed by atoms with Crippen LogP contribution in [-0.4, -0.2) is 34.2 Å². The van der Waals surface area contributed by atoms with Crippen molar-refractivity contribution in [2.45, 2.75) is 52.9 Å². The van der Waals surface area contributed by atoms with Crippen LogP contribution in [0.1, 0.15) is 56.7 Å². The van der Waals surface area contributed by atoms with Crippen LogP contribution in [0, 0.1) is 22.2 Å². The van der Waals surface area contributed by atoms with Crippen LogP contribution in [-0.2, 0) is 12.8 Å². The van der Waals surface area contributed by atoms with Gasteiger partial charge >= 0.3 is 0 Å². The molecule has 1 aliphatic carbocycles. The molecule has 3 aromatic rings. The third-order valence-corrected chi connectivity index (χ3v) is 7.40. The molecule has 0 spiro atoms. The molecule has 2 aromatic heterocycles. The third-order valence-electron chi connectivity index (χ3n) is 7.40. The van der Waals surface area contributed by atoms with Gasteiger partial charge in [0, 0.05) is 19.7 Å². The molecule has 5 heteroatoms. The number of pyridine rings is 1. The lowest BCUT2D eigenvalue weighted by Crippen LogP contribution is -2.42. The van der Waals surface area contributed by atoms with Crippen molar-refractivity contribution < 1.29 is 5.11 Å². The Labute approximate surface area is 177 Å². The zero-order valence-electron chi connectivity index (χ0n) is 18.2. The number of hydrogen-bond donors (Lipinski definition) is 1. The van der Waals surface area contributed by atoms with Crippen LogP contribution in [0.3, 0.4) is 0 Å². The summed E-state index contributed by atoms with van der Waals surface area (Å²) in [5.74, 6) is 1.22. The van der Waals surface area contributed by atoms with E-state index >= 15 is 0 Å². The number of nitrogens with zero attached hydrogens (tertiary/aromatic N) is 4. The molecule has 3 heterocycles. The molecule has 5 nitrogen and oxygen atoms in total. The molecule has 0 bridgehead atoms. The van der Waals surface area contributed by atoms with E-state index in [0.717, 1.165) is 67.4 Å². The van der Waals surface area contributed by atoms with Gasteiger partial charge in [-0.1, -0.05) is 32.9 Å². The number of piperidine rings is 1. The summed E-state index contributed by atoms with van der Waals surface area (Å²) >= 11 is 0. The van der Waals surface area contributed by atoms with E-state index in [1.165, 1.54) is 16.9 Å². The lowest BCUT2D eigenvalue weighted by molar-refractivity contribution is 0.114. The van der Waals surface area contributed by atoms with E-state index in [0.29, 0.717) is 0 Å². The fourth-order valence-corrected chi connectivity index (χ4v) is 5.32. The molecule has 0 amide bonds. The van der Waals surface area contributed by atoms with Crippen molar-refractivity contribution in [2.24, 2.45) is 10.8 Å². The molecule has 1 aliphatic heterocycles. The first-order valence-corrected chi connectivity index (χ1v) is 11.1. The molecule has 1 saturated heterocycles. The lowest BCUT2D eigenvalue weighted by Gasteiger charge is -2.42. The van der Waals surface area contributed by atoms with Crippen LogP contribution < -0.4 is 4.90 Å². The van der Waals surface area contributed by atoms with Crippen molar-refractivity contribution in [1.82, 2.24) is 9.38 Å². The zero-order chi connectivity index (χ0) is 21.1. The SMILES string of the molecule is CC1(C)CCc2c(c(N3CCC(C)(CO)CC3)n3c(nc4ccccc43)c2C#N)C1. The van der Waals surface area contributed by atoms with Gasteiger partial charge in [-0.3, -0.25) is 4.40 Å². The van der Waals surface area contributed by atoms with Gasteiger partial charge in [-0.2, -0.15) is 5.26 Å². The number of fused-ring (bicyclic) bond motifs is 4. The normalized spacial score (nSPS) is 20.3. The number of aromatic nitrogens is 2. The van der Waals surface area contributed by atoms with E-state index < -0.39 is 0 Å². The average Bonchev–Trinajstić information content (AvgIpc) is 3.11. The van der Waals surface area contributed by atoms with Crippen LogP contribution in [0.4, 0.5) is 5.82 Å². The minimum absolute atomic E-state index is 0.00144. The van der Waals surface area contributed by atoms with Gasteiger partial charge in [0.05, 0.1) is 16.6 Å². The number of rotatable bonds is 2. The van der Waals surface area contributed by atoms with Gasteiger partial charge in [0.2, 0.25) is 0 Å². The van der Waals surface area contributed by atoms with E-state index in [2.05, 4.69) is 48.3 Å². The van der Waals surface area contributed by atoms with E-state index in [9.17, 15) is 10.4 Å². The number of aliphatic hydroxyl groups is 1. The first kappa shape index (κ1) is 19.4. The molecule has 0 unspecified atom stereocenters. The topological polar surface area (TPSA) is 64.6 Å². The molecule has 1 fully saturated rings. The van der Waals surface area contributed by atoms with Gasteiger partial charge in [0.15, 0.2) is 5.65 Å². The highest BCUT2D eigenvalue weighted by molar-refractivity contribution is 5.86. The largest absolute Gasteiger partial charge is 0.396 e. The maximum absolute atomic E-state index is 10.1. The summed E-state index contributed by atoms with van der Waals surface area (Å²) in [6.07, 6.45) is 4.93. The molecule has 1 aromatic carbocycles. The Bertz CT molecular complexity index is 1180. The maximum Gasteiger partial charge on any atom is 0.157 e. The van der Waals surface area contributed by atoms with E-state index in [-0.39, 0.29) is 17.4 Å². The van der Waals surface area contributed by atoms with Crippen LogP contribution in [0.2, 0.25) is 0 Å². The minimum Gasteiger partial charge on any atom is -0.396 e. The van der Waals surface area contributed by atoms with Gasteiger partial charge in [0.25, 0.3) is 0 Å². The fourth-order valence-electron chi connectivity index (χ4n) is 5.32. The van der Waals surface area contributed by atoms with Crippen molar-refractivity contribution in [2.75, 3.05) is 24.6 Å². The summed E-state index contributed by atoms with van der Waals surface area (Å²) in [7, 11) is 0. The van der Waals surface area contributed by atoms with Crippen LogP contribution in [0.25, 0.3) is 16.7 Å². The fraction of sp³-hybridized carbons (Fsp3) is 0.520. The van der Waals surface area contributed by atoms with E-state index in [4.69, 9.17) is 4.98 Å². The molecule has 156 valence electrons. The van der Waals surface area contributed by atoms with Gasteiger partial charge in [0.1, 0.15) is 11.9 Å². The molecule has 30 heavy (non-hydrogen) atoms. The maximum atomic E-state index is 10.1. The Balaban J connectivity index is 1.81. The van der Waals surface area contributed by atoms with Crippen molar-refractivity contribution in [3.05, 3.63) is 41.0 Å². The smallest absolute Gasteiger partial charge is 0.157 e. The highest BCUT2D eigenvalue weighted by atomic mass is 16.3. The third kappa shape index (κ3) is 2.89. The van der Waals surface area contributed by atoms with Gasteiger partial charge in [-0.25, -0.2) is 4.98 Å². The summed E-state index contributed by atoms with van der Waals surface area (Å²) in [5.41, 5.74) is 6.29. The number of aliphatic hydroxyl groups excluding tert-OH is 1. The average molecular weight is 403 g/mol. The first-order valence-electron chi connectivity index (χ1n) is 11.1. The summed E-state index contributed by atoms with van der Waals surface area (Å²) in [4.78, 5) is 7.39. The highest BCUT2D eigenvalue weighted by Crippen LogP contribution is 2.44. The van der Waals surface area contributed by atoms with Crippen LogP contribution in [0.5, 0.6) is 0 Å². The first-order chi connectivity index (χ1) is 14.4.